The van der Waals surface area contributed by atoms with E-state index in [9.17, 15) is 8.42 Å². The number of benzene rings is 1. The number of ether oxygens (including phenoxy) is 1. The summed E-state index contributed by atoms with van der Waals surface area (Å²) in [6, 6.07) is 6.89. The summed E-state index contributed by atoms with van der Waals surface area (Å²) in [5.74, 6) is 3.50. The molecule has 4 fully saturated rings. The van der Waals surface area contributed by atoms with E-state index in [0.717, 1.165) is 11.8 Å². The first kappa shape index (κ1) is 15.5. The van der Waals surface area contributed by atoms with Crippen LogP contribution in [0.2, 0.25) is 0 Å². The molecule has 0 saturated heterocycles. The van der Waals surface area contributed by atoms with Gasteiger partial charge in [-0.25, -0.2) is 13.1 Å². The lowest BCUT2D eigenvalue weighted by molar-refractivity contribution is -0.00557. The molecule has 0 aliphatic heterocycles. The van der Waals surface area contributed by atoms with E-state index in [-0.39, 0.29) is 6.04 Å². The average Bonchev–Trinajstić information content (AvgIpc) is 2.51. The summed E-state index contributed by atoms with van der Waals surface area (Å²) in [6.07, 6.45) is 6.23. The molecule has 1 N–H and O–H groups in total. The smallest absolute Gasteiger partial charge is 0.240 e. The molecule has 4 saturated carbocycles. The normalized spacial score (nSPS) is 35.4. The molecule has 4 nitrogen and oxygen atoms in total. The molecule has 1 aromatic rings. The van der Waals surface area contributed by atoms with Crippen molar-refractivity contribution in [2.45, 2.75) is 50.0 Å². The van der Waals surface area contributed by atoms with Crippen LogP contribution < -0.4 is 9.46 Å². The molecule has 23 heavy (non-hydrogen) atoms. The van der Waals surface area contributed by atoms with Crippen molar-refractivity contribution in [1.29, 1.82) is 0 Å². The van der Waals surface area contributed by atoms with E-state index in [1.54, 1.807) is 24.3 Å². The molecule has 0 heterocycles. The third-order valence-corrected chi connectivity index (χ3v) is 7.44. The van der Waals surface area contributed by atoms with Gasteiger partial charge in [0.2, 0.25) is 10.0 Å². The maximum absolute atomic E-state index is 12.7. The van der Waals surface area contributed by atoms with Crippen molar-refractivity contribution in [1.82, 2.24) is 4.72 Å². The molecular formula is C18H25NO3S. The molecule has 0 radical (unpaired) electrons. The van der Waals surface area contributed by atoms with Crippen LogP contribution in [-0.2, 0) is 10.0 Å². The summed E-state index contributed by atoms with van der Waals surface area (Å²) in [5.41, 5.74) is 0. The lowest BCUT2D eigenvalue weighted by atomic mass is 9.54. The average molecular weight is 335 g/mol. The highest BCUT2D eigenvalue weighted by Gasteiger charge is 2.49. The molecule has 0 aromatic heterocycles. The quantitative estimate of drug-likeness (QED) is 0.899. The zero-order valence-corrected chi connectivity index (χ0v) is 14.4. The Kier molecular flexibility index (Phi) is 3.88. The van der Waals surface area contributed by atoms with Crippen LogP contribution in [-0.4, -0.2) is 21.1 Å². The topological polar surface area (TPSA) is 55.4 Å². The van der Waals surface area contributed by atoms with Crippen molar-refractivity contribution < 1.29 is 13.2 Å². The first-order valence-corrected chi connectivity index (χ1v) is 10.3. The van der Waals surface area contributed by atoms with E-state index in [1.807, 2.05) is 6.92 Å². The minimum atomic E-state index is -3.44. The number of hydrogen-bond donors (Lipinski definition) is 1. The Hall–Kier alpha value is -1.07. The molecule has 0 amide bonds. The Morgan fingerprint density at radius 2 is 1.57 bits per heavy atom. The van der Waals surface area contributed by atoms with Crippen LogP contribution in [0.1, 0.15) is 39.0 Å². The highest BCUT2D eigenvalue weighted by atomic mass is 32.2. The zero-order valence-electron chi connectivity index (χ0n) is 13.6. The highest BCUT2D eigenvalue weighted by molar-refractivity contribution is 7.89. The highest BCUT2D eigenvalue weighted by Crippen LogP contribution is 2.53. The molecular weight excluding hydrogens is 310 g/mol. The molecule has 0 unspecified atom stereocenters. The Morgan fingerprint density at radius 1 is 1.00 bits per heavy atom. The van der Waals surface area contributed by atoms with Gasteiger partial charge in [0.15, 0.2) is 0 Å². The van der Waals surface area contributed by atoms with Crippen LogP contribution in [0.15, 0.2) is 29.2 Å². The number of sulfonamides is 1. The van der Waals surface area contributed by atoms with Crippen molar-refractivity contribution in [2.24, 2.45) is 23.7 Å². The minimum Gasteiger partial charge on any atom is -0.494 e. The molecule has 5 heteroatoms. The second-order valence-corrected chi connectivity index (χ2v) is 9.20. The summed E-state index contributed by atoms with van der Waals surface area (Å²) in [6.45, 7) is 2.50. The van der Waals surface area contributed by atoms with Gasteiger partial charge in [-0.1, -0.05) is 0 Å². The fraction of sp³-hybridized carbons (Fsp3) is 0.667. The molecule has 4 aliphatic carbocycles. The molecule has 4 aliphatic rings. The standard InChI is InChI=1S/C18H25NO3S/c1-2-22-16-3-5-17(6-4-16)23(20,21)19-18-14-8-12-7-13(10-14)11-15(18)9-12/h3-6,12-15,18-19H,2,7-11H2,1H3. The van der Waals surface area contributed by atoms with Gasteiger partial charge < -0.3 is 4.74 Å². The Labute approximate surface area is 138 Å². The van der Waals surface area contributed by atoms with E-state index >= 15 is 0 Å². The van der Waals surface area contributed by atoms with Crippen LogP contribution in [0, 0.1) is 23.7 Å². The number of hydrogen-bond acceptors (Lipinski definition) is 3. The molecule has 1 aromatic carbocycles. The van der Waals surface area contributed by atoms with E-state index in [4.69, 9.17) is 4.74 Å². The van der Waals surface area contributed by atoms with E-state index in [0.29, 0.717) is 29.1 Å². The molecule has 126 valence electrons. The van der Waals surface area contributed by atoms with Gasteiger partial charge in [-0.2, -0.15) is 0 Å². The summed E-state index contributed by atoms with van der Waals surface area (Å²) in [5, 5.41) is 0. The van der Waals surface area contributed by atoms with Crippen molar-refractivity contribution in [3.05, 3.63) is 24.3 Å². The predicted molar refractivity (Wildman–Crippen MR) is 88.8 cm³/mol. The van der Waals surface area contributed by atoms with E-state index < -0.39 is 10.0 Å². The molecule has 0 spiro atoms. The zero-order chi connectivity index (χ0) is 16.0. The second-order valence-electron chi connectivity index (χ2n) is 7.48. The number of nitrogens with one attached hydrogen (secondary N) is 1. The van der Waals surface area contributed by atoms with Crippen molar-refractivity contribution >= 4 is 10.0 Å². The molecule has 5 rings (SSSR count). The Bertz CT molecular complexity index is 640. The number of rotatable bonds is 5. The van der Waals surface area contributed by atoms with Gasteiger partial charge in [0.25, 0.3) is 0 Å². The second kappa shape index (κ2) is 5.78. The first-order valence-electron chi connectivity index (χ1n) is 8.80. The summed E-state index contributed by atoms with van der Waals surface area (Å²) >= 11 is 0. The SMILES string of the molecule is CCOc1ccc(S(=O)(=O)NC2C3CC4CC(C3)CC2C4)cc1. The predicted octanol–water partition coefficient (Wildman–Crippen LogP) is 3.19. The summed E-state index contributed by atoms with van der Waals surface area (Å²) < 4.78 is 33.9. The van der Waals surface area contributed by atoms with Gasteiger partial charge >= 0.3 is 0 Å². The lowest BCUT2D eigenvalue weighted by Crippen LogP contribution is -2.55. The Balaban J connectivity index is 1.51. The minimum absolute atomic E-state index is 0.138. The summed E-state index contributed by atoms with van der Waals surface area (Å²) in [4.78, 5) is 0.342. The largest absolute Gasteiger partial charge is 0.494 e. The maximum atomic E-state index is 12.7. The van der Waals surface area contributed by atoms with E-state index in [1.165, 1.54) is 32.1 Å². The first-order chi connectivity index (χ1) is 11.0. The van der Waals surface area contributed by atoms with Crippen LogP contribution in [0.4, 0.5) is 0 Å². The van der Waals surface area contributed by atoms with Crippen LogP contribution in [0.3, 0.4) is 0 Å². The van der Waals surface area contributed by atoms with Gasteiger partial charge in [0.1, 0.15) is 5.75 Å². The van der Waals surface area contributed by atoms with Crippen molar-refractivity contribution in [3.8, 4) is 5.75 Å². The van der Waals surface area contributed by atoms with Crippen molar-refractivity contribution in [3.63, 3.8) is 0 Å². The van der Waals surface area contributed by atoms with Crippen LogP contribution >= 0.6 is 0 Å². The van der Waals surface area contributed by atoms with Gasteiger partial charge in [0.05, 0.1) is 11.5 Å². The fourth-order valence-corrected chi connectivity index (χ4v) is 6.62. The fourth-order valence-electron chi connectivity index (χ4n) is 5.25. The van der Waals surface area contributed by atoms with Gasteiger partial charge in [0, 0.05) is 6.04 Å². The molecule has 0 atom stereocenters. The maximum Gasteiger partial charge on any atom is 0.240 e. The molecule has 4 bridgehead atoms. The van der Waals surface area contributed by atoms with Gasteiger partial charge in [-0.05, 0) is 87.0 Å². The van der Waals surface area contributed by atoms with Crippen molar-refractivity contribution in [2.75, 3.05) is 6.61 Å². The summed E-state index contributed by atoms with van der Waals surface area (Å²) in [7, 11) is -3.44. The monoisotopic (exact) mass is 335 g/mol. The lowest BCUT2D eigenvalue weighted by Gasteiger charge is -2.54. The van der Waals surface area contributed by atoms with E-state index in [2.05, 4.69) is 4.72 Å². The third kappa shape index (κ3) is 2.89. The third-order valence-electron chi connectivity index (χ3n) is 5.96. The van der Waals surface area contributed by atoms with Gasteiger partial charge in [-0.15, -0.1) is 0 Å². The van der Waals surface area contributed by atoms with Gasteiger partial charge in [-0.3, -0.25) is 0 Å². The van der Waals surface area contributed by atoms with Crippen LogP contribution in [0.5, 0.6) is 5.75 Å². The van der Waals surface area contributed by atoms with Crippen LogP contribution in [0.25, 0.3) is 0 Å². The Morgan fingerprint density at radius 3 is 2.09 bits per heavy atom.